The van der Waals surface area contributed by atoms with E-state index in [1.165, 1.54) is 6.92 Å². The number of hydrogen-bond acceptors (Lipinski definition) is 5. The molecule has 0 saturated heterocycles. The Bertz CT molecular complexity index is 1190. The van der Waals surface area contributed by atoms with E-state index in [4.69, 9.17) is 4.74 Å². The molecule has 1 aromatic heterocycles. The van der Waals surface area contributed by atoms with Gasteiger partial charge in [-0.15, -0.1) is 0 Å². The molecule has 0 aliphatic heterocycles. The van der Waals surface area contributed by atoms with Gasteiger partial charge in [-0.2, -0.15) is 0 Å². The second-order valence-corrected chi connectivity index (χ2v) is 6.36. The maximum atomic E-state index is 12.4. The SMILES string of the molecule is C[C@H](OC(=O)c1ccc2nccnc2c1)C(=O)Nc1ccc2ccccc2c1. The fourth-order valence-electron chi connectivity index (χ4n) is 2.88. The fraction of sp³-hybridized carbons (Fsp3) is 0.0909. The largest absolute Gasteiger partial charge is 0.449 e. The van der Waals surface area contributed by atoms with Crippen molar-refractivity contribution in [2.24, 2.45) is 0 Å². The smallest absolute Gasteiger partial charge is 0.338 e. The van der Waals surface area contributed by atoms with Gasteiger partial charge in [-0.25, -0.2) is 4.79 Å². The molecule has 0 aliphatic rings. The molecule has 1 atom stereocenters. The molecule has 6 nitrogen and oxygen atoms in total. The molecule has 138 valence electrons. The van der Waals surface area contributed by atoms with Gasteiger partial charge in [-0.05, 0) is 48.0 Å². The first-order valence-electron chi connectivity index (χ1n) is 8.81. The first kappa shape index (κ1) is 17.6. The summed E-state index contributed by atoms with van der Waals surface area (Å²) < 4.78 is 5.31. The topological polar surface area (TPSA) is 81.2 Å². The molecule has 0 saturated carbocycles. The second kappa shape index (κ2) is 7.44. The number of aromatic nitrogens is 2. The van der Waals surface area contributed by atoms with Crippen molar-refractivity contribution in [1.82, 2.24) is 9.97 Å². The van der Waals surface area contributed by atoms with Crippen LogP contribution in [-0.2, 0) is 9.53 Å². The minimum atomic E-state index is -0.948. The van der Waals surface area contributed by atoms with Crippen molar-refractivity contribution in [3.05, 3.63) is 78.6 Å². The van der Waals surface area contributed by atoms with Crippen molar-refractivity contribution >= 4 is 39.4 Å². The lowest BCUT2D eigenvalue weighted by atomic mass is 10.1. The number of hydrogen-bond donors (Lipinski definition) is 1. The summed E-state index contributed by atoms with van der Waals surface area (Å²) in [6, 6.07) is 18.4. The van der Waals surface area contributed by atoms with Gasteiger partial charge in [0.1, 0.15) is 0 Å². The number of anilines is 1. The van der Waals surface area contributed by atoms with Gasteiger partial charge >= 0.3 is 5.97 Å². The van der Waals surface area contributed by atoms with Crippen LogP contribution in [0.2, 0.25) is 0 Å². The second-order valence-electron chi connectivity index (χ2n) is 6.36. The first-order valence-corrected chi connectivity index (χ1v) is 8.81. The zero-order chi connectivity index (χ0) is 19.5. The highest BCUT2D eigenvalue weighted by Gasteiger charge is 2.19. The van der Waals surface area contributed by atoms with Crippen LogP contribution >= 0.6 is 0 Å². The predicted octanol–water partition coefficient (Wildman–Crippen LogP) is 3.97. The standard InChI is InChI=1S/C22H17N3O3/c1-14(21(26)25-18-8-6-15-4-2-3-5-16(15)12-18)28-22(27)17-7-9-19-20(13-17)24-11-10-23-19/h2-14H,1H3,(H,25,26)/t14-/m0/s1. The van der Waals surface area contributed by atoms with Crippen LogP contribution in [0.3, 0.4) is 0 Å². The van der Waals surface area contributed by atoms with E-state index in [-0.39, 0.29) is 0 Å². The Balaban J connectivity index is 1.44. The molecular weight excluding hydrogens is 354 g/mol. The van der Waals surface area contributed by atoms with Gasteiger partial charge in [-0.3, -0.25) is 14.8 Å². The third-order valence-corrected chi connectivity index (χ3v) is 4.38. The number of benzene rings is 3. The monoisotopic (exact) mass is 371 g/mol. The molecule has 0 spiro atoms. The Kier molecular flexibility index (Phi) is 4.68. The van der Waals surface area contributed by atoms with Gasteiger partial charge in [-0.1, -0.05) is 30.3 Å². The number of fused-ring (bicyclic) bond motifs is 2. The third-order valence-electron chi connectivity index (χ3n) is 4.38. The highest BCUT2D eigenvalue weighted by atomic mass is 16.5. The minimum Gasteiger partial charge on any atom is -0.449 e. The average Bonchev–Trinajstić information content (AvgIpc) is 2.73. The zero-order valence-electron chi connectivity index (χ0n) is 15.1. The number of carbonyl (C=O) groups excluding carboxylic acids is 2. The molecule has 4 aromatic rings. The minimum absolute atomic E-state index is 0.318. The van der Waals surface area contributed by atoms with Gasteiger partial charge in [0.05, 0.1) is 16.6 Å². The van der Waals surface area contributed by atoms with Crippen LogP contribution in [0.4, 0.5) is 5.69 Å². The van der Waals surface area contributed by atoms with Crippen LogP contribution in [-0.4, -0.2) is 27.9 Å². The molecule has 3 aromatic carbocycles. The molecule has 6 heteroatoms. The first-order chi connectivity index (χ1) is 13.6. The summed E-state index contributed by atoms with van der Waals surface area (Å²) in [6.45, 7) is 1.54. The summed E-state index contributed by atoms with van der Waals surface area (Å²) in [5.74, 6) is -0.988. The van der Waals surface area contributed by atoms with Crippen molar-refractivity contribution in [2.45, 2.75) is 13.0 Å². The molecule has 4 rings (SSSR count). The average molecular weight is 371 g/mol. The summed E-state index contributed by atoms with van der Waals surface area (Å²) in [7, 11) is 0. The lowest BCUT2D eigenvalue weighted by molar-refractivity contribution is -0.123. The van der Waals surface area contributed by atoms with Gasteiger partial charge in [0.15, 0.2) is 6.10 Å². The molecule has 1 amide bonds. The molecule has 0 aliphatic carbocycles. The summed E-state index contributed by atoms with van der Waals surface area (Å²) in [5, 5.41) is 4.88. The molecule has 0 bridgehead atoms. The summed E-state index contributed by atoms with van der Waals surface area (Å²) in [4.78, 5) is 33.1. The van der Waals surface area contributed by atoms with Crippen LogP contribution in [0.1, 0.15) is 17.3 Å². The van der Waals surface area contributed by atoms with E-state index in [1.807, 2.05) is 42.5 Å². The Hall–Kier alpha value is -3.80. The summed E-state index contributed by atoms with van der Waals surface area (Å²) in [5.41, 5.74) is 2.23. The number of nitrogens with zero attached hydrogens (tertiary/aromatic N) is 2. The Morgan fingerprint density at radius 3 is 2.46 bits per heavy atom. The Morgan fingerprint density at radius 1 is 0.893 bits per heavy atom. The molecule has 1 N–H and O–H groups in total. The van der Waals surface area contributed by atoms with Crippen molar-refractivity contribution < 1.29 is 14.3 Å². The van der Waals surface area contributed by atoms with E-state index >= 15 is 0 Å². The van der Waals surface area contributed by atoms with Crippen LogP contribution in [0.5, 0.6) is 0 Å². The third kappa shape index (κ3) is 3.66. The highest BCUT2D eigenvalue weighted by molar-refractivity contribution is 5.99. The molecule has 0 unspecified atom stereocenters. The van der Waals surface area contributed by atoms with Crippen molar-refractivity contribution in [3.8, 4) is 0 Å². The van der Waals surface area contributed by atoms with E-state index in [1.54, 1.807) is 30.6 Å². The number of rotatable bonds is 4. The zero-order valence-corrected chi connectivity index (χ0v) is 15.1. The van der Waals surface area contributed by atoms with Crippen molar-refractivity contribution in [2.75, 3.05) is 5.32 Å². The Morgan fingerprint density at radius 2 is 1.64 bits per heavy atom. The number of esters is 1. The van der Waals surface area contributed by atoms with Crippen molar-refractivity contribution in [1.29, 1.82) is 0 Å². The number of carbonyl (C=O) groups is 2. The van der Waals surface area contributed by atoms with Gasteiger partial charge in [0, 0.05) is 18.1 Å². The molecule has 0 fully saturated rings. The summed E-state index contributed by atoms with van der Waals surface area (Å²) in [6.07, 6.45) is 2.19. The number of amides is 1. The van der Waals surface area contributed by atoms with Crippen LogP contribution in [0.15, 0.2) is 73.1 Å². The van der Waals surface area contributed by atoms with E-state index in [0.29, 0.717) is 22.3 Å². The quantitative estimate of drug-likeness (QED) is 0.549. The van der Waals surface area contributed by atoms with Crippen LogP contribution in [0, 0.1) is 0 Å². The van der Waals surface area contributed by atoms with Gasteiger partial charge in [0.25, 0.3) is 5.91 Å². The fourth-order valence-corrected chi connectivity index (χ4v) is 2.88. The Labute approximate surface area is 161 Å². The molecular formula is C22H17N3O3. The predicted molar refractivity (Wildman–Crippen MR) is 107 cm³/mol. The normalized spacial score (nSPS) is 11.9. The van der Waals surface area contributed by atoms with Gasteiger partial charge < -0.3 is 10.1 Å². The highest BCUT2D eigenvalue weighted by Crippen LogP contribution is 2.19. The van der Waals surface area contributed by atoms with Crippen LogP contribution < -0.4 is 5.32 Å². The van der Waals surface area contributed by atoms with Crippen molar-refractivity contribution in [3.63, 3.8) is 0 Å². The van der Waals surface area contributed by atoms with E-state index in [0.717, 1.165) is 10.8 Å². The lowest BCUT2D eigenvalue weighted by Crippen LogP contribution is -2.30. The van der Waals surface area contributed by atoms with E-state index < -0.39 is 18.0 Å². The number of nitrogens with one attached hydrogen (secondary N) is 1. The number of ether oxygens (including phenoxy) is 1. The molecule has 28 heavy (non-hydrogen) atoms. The summed E-state index contributed by atoms with van der Waals surface area (Å²) >= 11 is 0. The van der Waals surface area contributed by atoms with E-state index in [2.05, 4.69) is 15.3 Å². The van der Waals surface area contributed by atoms with E-state index in [9.17, 15) is 9.59 Å². The molecule has 0 radical (unpaired) electrons. The maximum Gasteiger partial charge on any atom is 0.338 e. The van der Waals surface area contributed by atoms with Gasteiger partial charge in [0.2, 0.25) is 0 Å². The molecule has 1 heterocycles. The lowest BCUT2D eigenvalue weighted by Gasteiger charge is -2.14. The van der Waals surface area contributed by atoms with Crippen LogP contribution in [0.25, 0.3) is 21.8 Å². The maximum absolute atomic E-state index is 12.4.